The standard InChI is InChI=1S/C54H34N2S2/c1-2-13-35(14-3-1)55-46-20-8-4-15-38(46)43-29-33(25-27-48(43)55)37-19-12-22-49-53(37)41-18-5-9-21-47(41)56(49)36-31-42(54-45(32-36)40-17-7-11-24-51(40)58-54)34-26-28-52-44(30-34)39-16-6-10-23-50(39)57-52/h1-9,11-22,24-32H,10,23H2. The maximum absolute atomic E-state index is 2.51. The second-order valence-corrected chi connectivity index (χ2v) is 17.7. The van der Waals surface area contributed by atoms with Crippen LogP contribution in [0, 0.1) is 0 Å². The van der Waals surface area contributed by atoms with E-state index in [4.69, 9.17) is 0 Å². The molecule has 0 bridgehead atoms. The summed E-state index contributed by atoms with van der Waals surface area (Å²) in [5.41, 5.74) is 13.7. The highest BCUT2D eigenvalue weighted by Crippen LogP contribution is 2.46. The van der Waals surface area contributed by atoms with Crippen molar-refractivity contribution in [3.63, 3.8) is 0 Å². The zero-order valence-electron chi connectivity index (χ0n) is 31.4. The van der Waals surface area contributed by atoms with Gasteiger partial charge in [-0.3, -0.25) is 0 Å². The van der Waals surface area contributed by atoms with Crippen LogP contribution in [0.25, 0.3) is 114 Å². The van der Waals surface area contributed by atoms with Crippen LogP contribution >= 0.6 is 22.7 Å². The van der Waals surface area contributed by atoms with Crippen LogP contribution in [0.5, 0.6) is 0 Å². The molecule has 0 N–H and O–H groups in total. The molecule has 0 fully saturated rings. The average Bonchev–Trinajstić information content (AvgIpc) is 4.03. The second kappa shape index (κ2) is 12.4. The SMILES string of the molecule is C1=Cc2c(sc3ccc(-c4cc(-n5c6ccccc6c6c(-c7ccc8c(c7)c7ccccc7n8-c7ccccc7)cccc65)cc5c4sc4ccccc45)cc23)CC1. The van der Waals surface area contributed by atoms with Gasteiger partial charge < -0.3 is 9.13 Å². The minimum atomic E-state index is 1.13. The first-order chi connectivity index (χ1) is 28.8. The molecule has 13 rings (SSSR count). The van der Waals surface area contributed by atoms with E-state index >= 15 is 0 Å². The van der Waals surface area contributed by atoms with Crippen LogP contribution in [0.3, 0.4) is 0 Å². The van der Waals surface area contributed by atoms with Crippen LogP contribution in [0.4, 0.5) is 0 Å². The first-order valence-corrected chi connectivity index (χ1v) is 21.7. The predicted octanol–water partition coefficient (Wildman–Crippen LogP) is 15.8. The highest BCUT2D eigenvalue weighted by atomic mass is 32.1. The van der Waals surface area contributed by atoms with Crippen molar-refractivity contribution >= 4 is 103 Å². The molecule has 0 saturated carbocycles. The monoisotopic (exact) mass is 774 g/mol. The van der Waals surface area contributed by atoms with E-state index in [1.165, 1.54) is 118 Å². The zero-order chi connectivity index (χ0) is 37.9. The van der Waals surface area contributed by atoms with Gasteiger partial charge in [0.15, 0.2) is 0 Å². The molecule has 2 nitrogen and oxygen atoms in total. The summed E-state index contributed by atoms with van der Waals surface area (Å²) in [6, 6.07) is 63.3. The van der Waals surface area contributed by atoms with Crippen molar-refractivity contribution in [1.29, 1.82) is 0 Å². The molecule has 4 heteroatoms. The molecule has 4 heterocycles. The van der Waals surface area contributed by atoms with Crippen LogP contribution in [0.15, 0.2) is 176 Å². The van der Waals surface area contributed by atoms with Crippen molar-refractivity contribution in [2.24, 2.45) is 0 Å². The smallest absolute Gasteiger partial charge is 0.0547 e. The van der Waals surface area contributed by atoms with Gasteiger partial charge in [0.05, 0.1) is 22.1 Å². The number of allylic oxidation sites excluding steroid dienone is 1. The van der Waals surface area contributed by atoms with Gasteiger partial charge in [-0.25, -0.2) is 0 Å². The number of hydrogen-bond donors (Lipinski definition) is 0. The van der Waals surface area contributed by atoms with Crippen molar-refractivity contribution in [1.82, 2.24) is 9.13 Å². The quantitative estimate of drug-likeness (QED) is 0.169. The average molecular weight is 775 g/mol. The molecular formula is C54H34N2S2. The van der Waals surface area contributed by atoms with Crippen LogP contribution in [0.1, 0.15) is 16.9 Å². The van der Waals surface area contributed by atoms with Gasteiger partial charge in [0.1, 0.15) is 0 Å². The fourth-order valence-corrected chi connectivity index (χ4v) is 12.2. The maximum atomic E-state index is 2.51. The summed E-state index contributed by atoms with van der Waals surface area (Å²) in [4.78, 5) is 1.51. The Morgan fingerprint density at radius 1 is 0.414 bits per heavy atom. The Bertz CT molecular complexity index is 3680. The Hall–Kier alpha value is -6.72. The molecule has 0 atom stereocenters. The number of aromatic nitrogens is 2. The number of para-hydroxylation sites is 3. The highest BCUT2D eigenvalue weighted by molar-refractivity contribution is 7.26. The summed E-state index contributed by atoms with van der Waals surface area (Å²) in [6.45, 7) is 0. The van der Waals surface area contributed by atoms with Crippen molar-refractivity contribution < 1.29 is 0 Å². The number of fused-ring (bicyclic) bond motifs is 12. The lowest BCUT2D eigenvalue weighted by atomic mass is 9.97. The molecule has 0 aliphatic heterocycles. The molecule has 0 unspecified atom stereocenters. The fourth-order valence-electron chi connectivity index (χ4n) is 9.81. The van der Waals surface area contributed by atoms with Gasteiger partial charge in [0, 0.05) is 73.6 Å². The predicted molar refractivity (Wildman–Crippen MR) is 252 cm³/mol. The third-order valence-electron chi connectivity index (χ3n) is 12.4. The van der Waals surface area contributed by atoms with Gasteiger partial charge in [-0.2, -0.15) is 0 Å². The number of benzene rings is 8. The summed E-state index contributed by atoms with van der Waals surface area (Å²) >= 11 is 3.87. The van der Waals surface area contributed by atoms with E-state index in [0.717, 1.165) is 12.8 Å². The first-order valence-electron chi connectivity index (χ1n) is 20.1. The molecule has 1 aliphatic rings. The topological polar surface area (TPSA) is 9.86 Å². The molecule has 0 amide bonds. The van der Waals surface area contributed by atoms with Crippen molar-refractivity contribution in [2.45, 2.75) is 12.8 Å². The minimum absolute atomic E-state index is 1.13. The lowest BCUT2D eigenvalue weighted by Crippen LogP contribution is -1.95. The molecule has 0 radical (unpaired) electrons. The van der Waals surface area contributed by atoms with Gasteiger partial charge in [0.25, 0.3) is 0 Å². The minimum Gasteiger partial charge on any atom is -0.309 e. The Morgan fingerprint density at radius 3 is 1.98 bits per heavy atom. The molecule has 0 saturated heterocycles. The molecule has 12 aromatic rings. The van der Waals surface area contributed by atoms with E-state index in [1.54, 1.807) is 0 Å². The number of rotatable bonds is 4. The van der Waals surface area contributed by atoms with Gasteiger partial charge in [0.2, 0.25) is 0 Å². The van der Waals surface area contributed by atoms with Crippen molar-refractivity contribution in [3.8, 4) is 33.6 Å². The van der Waals surface area contributed by atoms with Gasteiger partial charge in [-0.1, -0.05) is 109 Å². The molecular weight excluding hydrogens is 741 g/mol. The molecule has 8 aromatic carbocycles. The van der Waals surface area contributed by atoms with E-state index in [-0.39, 0.29) is 0 Å². The lowest BCUT2D eigenvalue weighted by Gasteiger charge is -2.13. The molecule has 0 spiro atoms. The van der Waals surface area contributed by atoms with E-state index in [9.17, 15) is 0 Å². The van der Waals surface area contributed by atoms with Crippen LogP contribution in [-0.2, 0) is 6.42 Å². The lowest BCUT2D eigenvalue weighted by molar-refractivity contribution is 1.02. The molecule has 1 aliphatic carbocycles. The summed E-state index contributed by atoms with van der Waals surface area (Å²) in [7, 11) is 0. The summed E-state index contributed by atoms with van der Waals surface area (Å²) < 4.78 is 8.94. The Labute approximate surface area is 342 Å². The van der Waals surface area contributed by atoms with E-state index in [0.29, 0.717) is 0 Å². The van der Waals surface area contributed by atoms with Crippen molar-refractivity contribution in [3.05, 3.63) is 186 Å². The largest absolute Gasteiger partial charge is 0.309 e. The van der Waals surface area contributed by atoms with Gasteiger partial charge in [-0.05, 0) is 108 Å². The Balaban J connectivity index is 1.07. The van der Waals surface area contributed by atoms with Crippen molar-refractivity contribution in [2.75, 3.05) is 0 Å². The van der Waals surface area contributed by atoms with Crippen LogP contribution in [-0.4, -0.2) is 9.13 Å². The number of thiophene rings is 2. The summed E-state index contributed by atoms with van der Waals surface area (Å²) in [5, 5.41) is 9.05. The fraction of sp³-hybridized carbons (Fsp3) is 0.0370. The normalized spacial score (nSPS) is 13.0. The summed E-state index contributed by atoms with van der Waals surface area (Å²) in [6.07, 6.45) is 6.95. The third kappa shape index (κ3) is 4.64. The van der Waals surface area contributed by atoms with E-state index in [1.807, 2.05) is 22.7 Å². The number of nitrogens with zero attached hydrogens (tertiary/aromatic N) is 2. The van der Waals surface area contributed by atoms with Crippen LogP contribution < -0.4 is 0 Å². The van der Waals surface area contributed by atoms with E-state index in [2.05, 4.69) is 191 Å². The highest BCUT2D eigenvalue weighted by Gasteiger charge is 2.21. The first kappa shape index (κ1) is 32.4. The summed E-state index contributed by atoms with van der Waals surface area (Å²) in [5.74, 6) is 0. The third-order valence-corrected chi connectivity index (χ3v) is 14.8. The van der Waals surface area contributed by atoms with Gasteiger partial charge >= 0.3 is 0 Å². The van der Waals surface area contributed by atoms with Gasteiger partial charge in [-0.15, -0.1) is 22.7 Å². The Kier molecular flexibility index (Phi) is 6.91. The Morgan fingerprint density at radius 2 is 1.09 bits per heavy atom. The number of hydrogen-bond acceptors (Lipinski definition) is 2. The van der Waals surface area contributed by atoms with Crippen LogP contribution in [0.2, 0.25) is 0 Å². The molecule has 272 valence electrons. The molecule has 58 heavy (non-hydrogen) atoms. The maximum Gasteiger partial charge on any atom is 0.0547 e. The number of aryl methyl sites for hydroxylation is 1. The zero-order valence-corrected chi connectivity index (χ0v) is 33.1. The second-order valence-electron chi connectivity index (χ2n) is 15.5. The van der Waals surface area contributed by atoms with E-state index < -0.39 is 0 Å². The molecule has 4 aromatic heterocycles.